The predicted molar refractivity (Wildman–Crippen MR) is 67.8 cm³/mol. The lowest BCUT2D eigenvalue weighted by Crippen LogP contribution is -2.36. The lowest BCUT2D eigenvalue weighted by molar-refractivity contribution is 0.376. The number of nitriles is 1. The first-order valence-corrected chi connectivity index (χ1v) is 7.74. The van der Waals surface area contributed by atoms with Crippen LogP contribution in [-0.2, 0) is 10.0 Å². The van der Waals surface area contributed by atoms with Crippen LogP contribution in [0.1, 0.15) is 46.5 Å². The fraction of sp³-hybridized carbons (Fsp3) is 0.917. The van der Waals surface area contributed by atoms with Gasteiger partial charge in [0.1, 0.15) is 0 Å². The van der Waals surface area contributed by atoms with Gasteiger partial charge in [-0.3, -0.25) is 0 Å². The third-order valence-corrected chi connectivity index (χ3v) is 4.78. The molecule has 0 aliphatic heterocycles. The van der Waals surface area contributed by atoms with Gasteiger partial charge in [0, 0.05) is 19.0 Å². The van der Waals surface area contributed by atoms with E-state index in [1.54, 1.807) is 4.31 Å². The van der Waals surface area contributed by atoms with Crippen LogP contribution in [0.25, 0.3) is 0 Å². The summed E-state index contributed by atoms with van der Waals surface area (Å²) in [5, 5.41) is 8.57. The van der Waals surface area contributed by atoms with E-state index in [9.17, 15) is 8.42 Å². The number of hydrogen-bond donors (Lipinski definition) is 0. The predicted octanol–water partition coefficient (Wildman–Crippen LogP) is 2.13. The summed E-state index contributed by atoms with van der Waals surface area (Å²) in [5.74, 6) is 0.193. The Balaban J connectivity index is 2.62. The quantitative estimate of drug-likeness (QED) is 0.733. The van der Waals surface area contributed by atoms with E-state index in [2.05, 4.69) is 0 Å². The molecule has 1 rings (SSSR count). The van der Waals surface area contributed by atoms with Crippen LogP contribution >= 0.6 is 0 Å². The molecule has 0 radical (unpaired) electrons. The molecule has 0 N–H and O–H groups in total. The van der Waals surface area contributed by atoms with E-state index in [1.165, 1.54) is 0 Å². The van der Waals surface area contributed by atoms with Gasteiger partial charge in [-0.2, -0.15) is 9.57 Å². The molecule has 0 bridgehead atoms. The molecule has 0 unspecified atom stereocenters. The lowest BCUT2D eigenvalue weighted by Gasteiger charge is -2.24. The van der Waals surface area contributed by atoms with Crippen molar-refractivity contribution in [3.05, 3.63) is 0 Å². The molecule has 5 heteroatoms. The number of hydrogen-bond acceptors (Lipinski definition) is 3. The summed E-state index contributed by atoms with van der Waals surface area (Å²) in [7, 11) is -3.18. The third kappa shape index (κ3) is 5.05. The first kappa shape index (κ1) is 14.5. The fourth-order valence-electron chi connectivity index (χ4n) is 1.62. The van der Waals surface area contributed by atoms with Crippen LogP contribution in [0.3, 0.4) is 0 Å². The zero-order valence-electron chi connectivity index (χ0n) is 10.9. The van der Waals surface area contributed by atoms with Crippen molar-refractivity contribution in [3.63, 3.8) is 0 Å². The van der Waals surface area contributed by atoms with Crippen LogP contribution < -0.4 is 0 Å². The largest absolute Gasteiger partial charge is 0.214 e. The maximum absolute atomic E-state index is 12.2. The van der Waals surface area contributed by atoms with Gasteiger partial charge >= 0.3 is 0 Å². The zero-order valence-corrected chi connectivity index (χ0v) is 11.8. The van der Waals surface area contributed by atoms with Crippen LogP contribution in [-0.4, -0.2) is 31.1 Å². The second kappa shape index (κ2) is 5.36. The van der Waals surface area contributed by atoms with Crippen LogP contribution in [0.4, 0.5) is 0 Å². The standard InChI is InChI=1S/C12H22N2O2S/c1-12(2,3)7-10-17(15,16)14(9-4-8-13)11-5-6-11/h11H,4-7,9-10H2,1-3H3. The molecule has 1 aliphatic rings. The molecular formula is C12H22N2O2S. The normalized spacial score (nSPS) is 17.1. The van der Waals surface area contributed by atoms with Crippen molar-refractivity contribution in [3.8, 4) is 6.07 Å². The summed E-state index contributed by atoms with van der Waals surface area (Å²) in [6, 6.07) is 2.18. The molecule has 17 heavy (non-hydrogen) atoms. The van der Waals surface area contributed by atoms with Crippen molar-refractivity contribution < 1.29 is 8.42 Å². The van der Waals surface area contributed by atoms with E-state index in [1.807, 2.05) is 26.8 Å². The highest BCUT2D eigenvalue weighted by Crippen LogP contribution is 2.30. The molecule has 1 aliphatic carbocycles. The highest BCUT2D eigenvalue weighted by molar-refractivity contribution is 7.89. The smallest absolute Gasteiger partial charge is 0.212 e. The van der Waals surface area contributed by atoms with Crippen molar-refractivity contribution >= 4 is 10.0 Å². The van der Waals surface area contributed by atoms with E-state index in [4.69, 9.17) is 5.26 Å². The van der Waals surface area contributed by atoms with Gasteiger partial charge in [-0.25, -0.2) is 8.42 Å². The Morgan fingerprint density at radius 2 is 1.94 bits per heavy atom. The lowest BCUT2D eigenvalue weighted by atomic mass is 9.94. The Morgan fingerprint density at radius 1 is 1.35 bits per heavy atom. The first-order valence-electron chi connectivity index (χ1n) is 6.13. The van der Waals surface area contributed by atoms with E-state index < -0.39 is 10.0 Å². The molecule has 0 saturated heterocycles. The number of rotatable bonds is 6. The van der Waals surface area contributed by atoms with Crippen LogP contribution in [0.5, 0.6) is 0 Å². The summed E-state index contributed by atoms with van der Waals surface area (Å²) >= 11 is 0. The molecular weight excluding hydrogens is 236 g/mol. The minimum absolute atomic E-state index is 0.0253. The fourth-order valence-corrected chi connectivity index (χ4v) is 3.76. The molecule has 0 aromatic rings. The summed E-state index contributed by atoms with van der Waals surface area (Å²) in [6.45, 7) is 6.48. The van der Waals surface area contributed by atoms with E-state index in [0.29, 0.717) is 13.0 Å². The number of nitrogens with zero attached hydrogens (tertiary/aromatic N) is 2. The minimum atomic E-state index is -3.18. The average Bonchev–Trinajstić information content (AvgIpc) is 2.98. The van der Waals surface area contributed by atoms with Crippen molar-refractivity contribution in [1.82, 2.24) is 4.31 Å². The van der Waals surface area contributed by atoms with Crippen molar-refractivity contribution in [1.29, 1.82) is 5.26 Å². The minimum Gasteiger partial charge on any atom is -0.212 e. The monoisotopic (exact) mass is 258 g/mol. The number of sulfonamides is 1. The second-order valence-electron chi connectivity index (χ2n) is 5.88. The molecule has 0 aromatic carbocycles. The van der Waals surface area contributed by atoms with Gasteiger partial charge in [0.25, 0.3) is 0 Å². The molecule has 0 atom stereocenters. The maximum Gasteiger partial charge on any atom is 0.214 e. The van der Waals surface area contributed by atoms with Gasteiger partial charge in [0.15, 0.2) is 0 Å². The molecule has 0 spiro atoms. The van der Waals surface area contributed by atoms with Gasteiger partial charge in [-0.1, -0.05) is 20.8 Å². The van der Waals surface area contributed by atoms with E-state index >= 15 is 0 Å². The van der Waals surface area contributed by atoms with Crippen molar-refractivity contribution in [2.75, 3.05) is 12.3 Å². The first-order chi connectivity index (χ1) is 7.76. The Morgan fingerprint density at radius 3 is 2.35 bits per heavy atom. The Kier molecular flexibility index (Phi) is 4.56. The summed E-state index contributed by atoms with van der Waals surface area (Å²) < 4.78 is 25.9. The van der Waals surface area contributed by atoms with E-state index in [-0.39, 0.29) is 23.6 Å². The summed E-state index contributed by atoms with van der Waals surface area (Å²) in [4.78, 5) is 0. The van der Waals surface area contributed by atoms with Crippen molar-refractivity contribution in [2.45, 2.75) is 52.5 Å². The molecule has 1 saturated carbocycles. The molecule has 98 valence electrons. The third-order valence-electron chi connectivity index (χ3n) is 2.87. The molecule has 1 fully saturated rings. The maximum atomic E-state index is 12.2. The Hall–Kier alpha value is -0.600. The van der Waals surface area contributed by atoms with Gasteiger partial charge in [0.05, 0.1) is 11.8 Å². The zero-order chi connectivity index (χ0) is 13.1. The van der Waals surface area contributed by atoms with Crippen molar-refractivity contribution in [2.24, 2.45) is 5.41 Å². The van der Waals surface area contributed by atoms with Crippen LogP contribution in [0, 0.1) is 16.7 Å². The highest BCUT2D eigenvalue weighted by Gasteiger charge is 2.36. The molecule has 0 aromatic heterocycles. The molecule has 4 nitrogen and oxygen atoms in total. The van der Waals surface area contributed by atoms with Crippen LogP contribution in [0.15, 0.2) is 0 Å². The van der Waals surface area contributed by atoms with Gasteiger partial charge in [-0.05, 0) is 24.7 Å². The average molecular weight is 258 g/mol. The van der Waals surface area contributed by atoms with Gasteiger partial charge in [0.2, 0.25) is 10.0 Å². The molecule has 0 heterocycles. The Labute approximate surface area is 105 Å². The SMILES string of the molecule is CC(C)(C)CCS(=O)(=O)N(CCC#N)C1CC1. The molecule has 0 amide bonds. The van der Waals surface area contributed by atoms with Gasteiger partial charge < -0.3 is 0 Å². The Bertz CT molecular complexity index is 386. The highest BCUT2D eigenvalue weighted by atomic mass is 32.2. The topological polar surface area (TPSA) is 61.2 Å². The summed E-state index contributed by atoms with van der Waals surface area (Å²) in [5.41, 5.74) is 0.0253. The van der Waals surface area contributed by atoms with E-state index in [0.717, 1.165) is 12.8 Å². The van der Waals surface area contributed by atoms with Crippen LogP contribution in [0.2, 0.25) is 0 Å². The second-order valence-corrected chi connectivity index (χ2v) is 7.92. The summed E-state index contributed by atoms with van der Waals surface area (Å²) in [6.07, 6.45) is 2.83. The van der Waals surface area contributed by atoms with Gasteiger partial charge in [-0.15, -0.1) is 0 Å².